The van der Waals surface area contributed by atoms with Gasteiger partial charge in [-0.25, -0.2) is 4.98 Å². The van der Waals surface area contributed by atoms with E-state index in [2.05, 4.69) is 4.98 Å². The molecule has 1 N–H and O–H groups in total. The van der Waals surface area contributed by atoms with Crippen molar-refractivity contribution in [3.63, 3.8) is 0 Å². The maximum Gasteiger partial charge on any atom is 0.303 e. The lowest BCUT2D eigenvalue weighted by atomic mass is 10.3. The molecule has 1 fully saturated rings. The van der Waals surface area contributed by atoms with Gasteiger partial charge in [0.15, 0.2) is 0 Å². The van der Waals surface area contributed by atoms with E-state index in [1.807, 2.05) is 35.9 Å². The number of carbonyl (C=O) groups excluding carboxylic acids is 1. The van der Waals surface area contributed by atoms with Crippen molar-refractivity contribution in [1.29, 1.82) is 0 Å². The molecule has 0 unspecified atom stereocenters. The van der Waals surface area contributed by atoms with E-state index in [0.717, 1.165) is 11.0 Å². The van der Waals surface area contributed by atoms with Crippen molar-refractivity contribution in [2.75, 3.05) is 6.54 Å². The van der Waals surface area contributed by atoms with E-state index < -0.39 is 5.97 Å². The average molecular weight is 361 g/mol. The molecule has 1 amide bonds. The van der Waals surface area contributed by atoms with Crippen LogP contribution in [-0.4, -0.2) is 42.3 Å². The van der Waals surface area contributed by atoms with Crippen LogP contribution in [0, 0.1) is 0 Å². The molecule has 8 heteroatoms. The maximum atomic E-state index is 12.5. The number of hydrogen-bond donors (Lipinski definition) is 1. The minimum Gasteiger partial charge on any atom is -0.481 e. The first-order chi connectivity index (χ1) is 11.5. The third kappa shape index (κ3) is 3.20. The van der Waals surface area contributed by atoms with Gasteiger partial charge < -0.3 is 9.67 Å². The van der Waals surface area contributed by atoms with Crippen molar-refractivity contribution >= 4 is 57.3 Å². The number of fused-ring (bicyclic) bond motifs is 1. The van der Waals surface area contributed by atoms with E-state index in [9.17, 15) is 9.59 Å². The molecular weight excluding hydrogens is 346 g/mol. The minimum absolute atomic E-state index is 0.0147. The van der Waals surface area contributed by atoms with Crippen molar-refractivity contribution in [1.82, 2.24) is 14.5 Å². The second-order valence-electron chi connectivity index (χ2n) is 5.35. The lowest BCUT2D eigenvalue weighted by molar-refractivity contribution is -0.137. The summed E-state index contributed by atoms with van der Waals surface area (Å²) in [5, 5.41) is 8.70. The molecule has 6 nitrogen and oxygen atoms in total. The van der Waals surface area contributed by atoms with E-state index in [1.54, 1.807) is 6.08 Å². The zero-order chi connectivity index (χ0) is 17.3. The summed E-state index contributed by atoms with van der Waals surface area (Å²) >= 11 is 6.46. The Morgan fingerprint density at radius 1 is 1.42 bits per heavy atom. The molecule has 0 spiro atoms. The predicted octanol–water partition coefficient (Wildman–Crippen LogP) is 2.64. The Morgan fingerprint density at radius 3 is 2.88 bits per heavy atom. The van der Waals surface area contributed by atoms with Gasteiger partial charge in [0.1, 0.15) is 10.1 Å². The monoisotopic (exact) mass is 361 g/mol. The molecule has 24 heavy (non-hydrogen) atoms. The number of thioether (sulfide) groups is 1. The Hall–Kier alpha value is -2.19. The summed E-state index contributed by atoms with van der Waals surface area (Å²) in [5.41, 5.74) is 1.85. The van der Waals surface area contributed by atoms with Gasteiger partial charge in [0.25, 0.3) is 5.91 Å². The Morgan fingerprint density at radius 2 is 2.17 bits per heavy atom. The molecule has 0 atom stereocenters. The number of hydrogen-bond acceptors (Lipinski definition) is 5. The van der Waals surface area contributed by atoms with E-state index in [1.165, 1.54) is 16.7 Å². The van der Waals surface area contributed by atoms with Gasteiger partial charge in [-0.2, -0.15) is 0 Å². The first-order valence-corrected chi connectivity index (χ1v) is 8.58. The Labute approximate surface area is 148 Å². The Kier molecular flexibility index (Phi) is 4.68. The van der Waals surface area contributed by atoms with Crippen molar-refractivity contribution in [3.05, 3.63) is 35.0 Å². The van der Waals surface area contributed by atoms with Gasteiger partial charge in [-0.05, 0) is 18.6 Å². The van der Waals surface area contributed by atoms with Crippen LogP contribution in [-0.2, 0) is 16.6 Å². The molecule has 124 valence electrons. The van der Waals surface area contributed by atoms with E-state index in [-0.39, 0.29) is 12.3 Å². The summed E-state index contributed by atoms with van der Waals surface area (Å²) in [6, 6.07) is 7.75. The van der Waals surface area contributed by atoms with Crippen LogP contribution < -0.4 is 0 Å². The number of rotatable bonds is 5. The number of carboxylic acid groups (broad SMARTS) is 1. The number of aromatic nitrogens is 2. The highest BCUT2D eigenvalue weighted by Crippen LogP contribution is 2.33. The third-order valence-corrected chi connectivity index (χ3v) is 5.11. The molecule has 1 aromatic heterocycles. The van der Waals surface area contributed by atoms with Crippen LogP contribution in [0.1, 0.15) is 18.7 Å². The number of carbonyl (C=O) groups is 2. The van der Waals surface area contributed by atoms with Crippen LogP contribution in [0.5, 0.6) is 0 Å². The Bertz CT molecular complexity index is 873. The molecule has 0 bridgehead atoms. The summed E-state index contributed by atoms with van der Waals surface area (Å²) in [4.78, 5) is 29.6. The first kappa shape index (κ1) is 16.7. The number of carboxylic acids is 1. The van der Waals surface area contributed by atoms with Gasteiger partial charge in [0.05, 0.1) is 15.9 Å². The summed E-state index contributed by atoms with van der Waals surface area (Å²) in [6.07, 6.45) is 2.12. The minimum atomic E-state index is -0.879. The van der Waals surface area contributed by atoms with E-state index in [0.29, 0.717) is 28.0 Å². The van der Waals surface area contributed by atoms with Crippen molar-refractivity contribution in [2.45, 2.75) is 12.8 Å². The summed E-state index contributed by atoms with van der Waals surface area (Å²) in [5.74, 6) is -0.389. The summed E-state index contributed by atoms with van der Waals surface area (Å²) in [6.45, 7) is 0.316. The smallest absolute Gasteiger partial charge is 0.303 e. The van der Waals surface area contributed by atoms with Gasteiger partial charge in [-0.3, -0.25) is 14.5 Å². The highest BCUT2D eigenvalue weighted by atomic mass is 32.2. The van der Waals surface area contributed by atoms with Crippen LogP contribution in [0.3, 0.4) is 0 Å². The van der Waals surface area contributed by atoms with Gasteiger partial charge in [-0.1, -0.05) is 36.1 Å². The number of imidazole rings is 1. The fourth-order valence-electron chi connectivity index (χ4n) is 2.49. The van der Waals surface area contributed by atoms with E-state index in [4.69, 9.17) is 17.3 Å². The van der Waals surface area contributed by atoms with Crippen LogP contribution in [0.25, 0.3) is 17.1 Å². The number of aryl methyl sites for hydroxylation is 1. The number of aliphatic carboxylic acids is 1. The molecule has 0 aliphatic carbocycles. The summed E-state index contributed by atoms with van der Waals surface area (Å²) < 4.78 is 2.38. The molecule has 2 heterocycles. The topological polar surface area (TPSA) is 75.4 Å². The van der Waals surface area contributed by atoms with Gasteiger partial charge >= 0.3 is 5.97 Å². The van der Waals surface area contributed by atoms with Gasteiger partial charge in [0, 0.05) is 26.1 Å². The number of amides is 1. The van der Waals surface area contributed by atoms with Crippen LogP contribution >= 0.6 is 24.0 Å². The predicted molar refractivity (Wildman–Crippen MR) is 97.5 cm³/mol. The summed E-state index contributed by atoms with van der Waals surface area (Å²) in [7, 11) is 1.90. The van der Waals surface area contributed by atoms with Gasteiger partial charge in [-0.15, -0.1) is 0 Å². The quantitative estimate of drug-likeness (QED) is 0.652. The zero-order valence-electron chi connectivity index (χ0n) is 12.9. The highest BCUT2D eigenvalue weighted by Gasteiger charge is 2.32. The Balaban J connectivity index is 1.82. The molecule has 1 aromatic carbocycles. The maximum absolute atomic E-state index is 12.5. The largest absolute Gasteiger partial charge is 0.481 e. The second-order valence-corrected chi connectivity index (χ2v) is 7.02. The fourth-order valence-corrected chi connectivity index (χ4v) is 3.77. The molecular formula is C16H15N3O3S2. The van der Waals surface area contributed by atoms with Crippen molar-refractivity contribution < 1.29 is 14.7 Å². The number of thiocarbonyl (C=S) groups is 1. The number of para-hydroxylation sites is 2. The lowest BCUT2D eigenvalue weighted by Crippen LogP contribution is -2.29. The fraction of sp³-hybridized carbons (Fsp3) is 0.250. The number of benzene rings is 1. The van der Waals surface area contributed by atoms with Crippen molar-refractivity contribution in [3.8, 4) is 0 Å². The molecule has 3 rings (SSSR count). The molecule has 1 aliphatic rings. The molecule has 0 saturated carbocycles. The second kappa shape index (κ2) is 6.74. The first-order valence-electron chi connectivity index (χ1n) is 7.36. The lowest BCUT2D eigenvalue weighted by Gasteiger charge is -2.13. The van der Waals surface area contributed by atoms with Crippen LogP contribution in [0.15, 0.2) is 29.2 Å². The zero-order valence-corrected chi connectivity index (χ0v) is 14.6. The van der Waals surface area contributed by atoms with E-state index >= 15 is 0 Å². The highest BCUT2D eigenvalue weighted by molar-refractivity contribution is 8.26. The molecule has 2 aromatic rings. The van der Waals surface area contributed by atoms with Crippen molar-refractivity contribution in [2.24, 2.45) is 7.05 Å². The average Bonchev–Trinajstić information content (AvgIpc) is 2.99. The SMILES string of the molecule is Cn1c(C=C2SC(=S)N(CCCC(=O)O)C2=O)nc2ccccc21. The normalized spacial score (nSPS) is 16.5. The standard InChI is InChI=1S/C16H15N3O3S2/c1-18-11-6-3-2-5-10(11)17-13(18)9-12-15(22)19(16(23)24-12)8-4-7-14(20)21/h2-3,5-6,9H,4,7-8H2,1H3,(H,20,21). The third-order valence-electron chi connectivity index (χ3n) is 3.73. The van der Waals surface area contributed by atoms with Gasteiger partial charge in [0.2, 0.25) is 0 Å². The molecule has 1 saturated heterocycles. The molecule has 0 radical (unpaired) electrons. The number of nitrogens with zero attached hydrogens (tertiary/aromatic N) is 3. The van der Waals surface area contributed by atoms with Crippen LogP contribution in [0.4, 0.5) is 0 Å². The van der Waals surface area contributed by atoms with Crippen LogP contribution in [0.2, 0.25) is 0 Å². The molecule has 1 aliphatic heterocycles.